The molecule has 3 aliphatic rings. The highest BCUT2D eigenvalue weighted by Gasteiger charge is 2.68. The zero-order valence-electron chi connectivity index (χ0n) is 16.1. The van der Waals surface area contributed by atoms with E-state index < -0.39 is 17.9 Å². The molecule has 2 aromatic rings. The molecule has 5 atom stereocenters. The first-order valence-electron chi connectivity index (χ1n) is 10.1. The van der Waals surface area contributed by atoms with Crippen LogP contribution in [0.25, 0.3) is 0 Å². The lowest BCUT2D eigenvalue weighted by Gasteiger charge is -2.25. The molecule has 3 fully saturated rings. The number of quaternary nitrogens is 1. The van der Waals surface area contributed by atoms with Crippen LogP contribution in [0.3, 0.4) is 0 Å². The molecule has 5 nitrogen and oxygen atoms in total. The van der Waals surface area contributed by atoms with Crippen molar-refractivity contribution in [1.29, 1.82) is 0 Å². The first kappa shape index (κ1) is 18.5. The summed E-state index contributed by atoms with van der Waals surface area (Å²) in [7, 11) is 0. The van der Waals surface area contributed by atoms with Gasteiger partial charge in [0.25, 0.3) is 0 Å². The number of amides is 2. The Labute approximate surface area is 174 Å². The van der Waals surface area contributed by atoms with Gasteiger partial charge in [-0.3, -0.25) is 14.4 Å². The third kappa shape index (κ3) is 2.75. The van der Waals surface area contributed by atoms with E-state index in [1.54, 1.807) is 24.3 Å². The second-order valence-electron chi connectivity index (χ2n) is 8.32. The minimum Gasteiger partial charge on any atom is -0.322 e. The van der Waals surface area contributed by atoms with E-state index in [0.29, 0.717) is 16.3 Å². The van der Waals surface area contributed by atoms with Gasteiger partial charge in [-0.2, -0.15) is 0 Å². The number of rotatable bonds is 3. The summed E-state index contributed by atoms with van der Waals surface area (Å²) in [6.07, 6.45) is 1.85. The average Bonchev–Trinajstić information content (AvgIpc) is 3.35. The topological polar surface area (TPSA) is 58.9 Å². The molecule has 0 aliphatic carbocycles. The van der Waals surface area contributed by atoms with Crippen LogP contribution in [0.4, 0.5) is 5.69 Å². The molecule has 29 heavy (non-hydrogen) atoms. The van der Waals surface area contributed by atoms with Crippen molar-refractivity contribution >= 4 is 34.9 Å². The Morgan fingerprint density at radius 3 is 2.34 bits per heavy atom. The Hall–Kier alpha value is -2.50. The number of carbonyl (C=O) groups is 3. The van der Waals surface area contributed by atoms with Gasteiger partial charge in [0.2, 0.25) is 17.6 Å². The van der Waals surface area contributed by atoms with Crippen LogP contribution in [0.5, 0.6) is 0 Å². The van der Waals surface area contributed by atoms with Gasteiger partial charge in [-0.25, -0.2) is 4.90 Å². The minimum atomic E-state index is -0.590. The fourth-order valence-corrected chi connectivity index (χ4v) is 5.61. The number of carbonyl (C=O) groups excluding carboxylic acids is 3. The Bertz CT molecular complexity index is 1000. The largest absolute Gasteiger partial charge is 0.322 e. The van der Waals surface area contributed by atoms with Gasteiger partial charge in [-0.1, -0.05) is 41.4 Å². The fourth-order valence-electron chi connectivity index (χ4n) is 5.48. The quantitative estimate of drug-likeness (QED) is 0.623. The van der Waals surface area contributed by atoms with Crippen molar-refractivity contribution in [2.75, 3.05) is 11.4 Å². The molecule has 0 saturated carbocycles. The third-order valence-corrected chi connectivity index (χ3v) is 7.00. The van der Waals surface area contributed by atoms with Gasteiger partial charge >= 0.3 is 0 Å². The molecule has 0 aromatic heterocycles. The summed E-state index contributed by atoms with van der Waals surface area (Å²) in [4.78, 5) is 42.6. The van der Waals surface area contributed by atoms with Gasteiger partial charge < -0.3 is 4.90 Å². The van der Waals surface area contributed by atoms with Gasteiger partial charge in [-0.15, -0.1) is 0 Å². The second kappa shape index (κ2) is 6.78. The summed E-state index contributed by atoms with van der Waals surface area (Å²) < 4.78 is 0. The SMILES string of the molecule is Cc1ccc(C(=O)[C@H]2[C@H]3C(=O)N(c4ccc(Cl)cc4)C(=O)[C@@H]3[C@H]3CCC[NH+]32)cc1. The number of anilines is 1. The molecular weight excluding hydrogens is 388 g/mol. The number of halogens is 1. The minimum absolute atomic E-state index is 0.0292. The van der Waals surface area contributed by atoms with Crippen molar-refractivity contribution in [3.05, 3.63) is 64.7 Å². The number of aryl methyl sites for hydroxylation is 1. The number of fused-ring (bicyclic) bond motifs is 3. The van der Waals surface area contributed by atoms with Crippen LogP contribution in [-0.4, -0.2) is 36.2 Å². The maximum absolute atomic E-state index is 13.5. The molecule has 2 aromatic carbocycles. The number of hydrogen-bond donors (Lipinski definition) is 1. The van der Waals surface area contributed by atoms with Gasteiger partial charge in [0.05, 0.1) is 12.2 Å². The van der Waals surface area contributed by atoms with Crippen LogP contribution in [0.1, 0.15) is 28.8 Å². The molecule has 148 valence electrons. The van der Waals surface area contributed by atoms with E-state index in [1.165, 1.54) is 4.90 Å². The molecule has 3 saturated heterocycles. The molecule has 0 radical (unpaired) electrons. The predicted octanol–water partition coefficient (Wildman–Crippen LogP) is 2.07. The number of benzene rings is 2. The van der Waals surface area contributed by atoms with Crippen molar-refractivity contribution < 1.29 is 19.3 Å². The standard InChI is InChI=1S/C23H21ClN2O3/c1-13-4-6-14(7-5-13)21(27)20-19-18(17-3-2-12-25(17)20)22(28)26(23(19)29)16-10-8-15(24)9-11-16/h4-11,17-20H,2-3,12H2,1H3/p+1/t17-,18-,19+,20-/m1/s1. The second-order valence-corrected chi connectivity index (χ2v) is 8.76. The maximum atomic E-state index is 13.5. The van der Waals surface area contributed by atoms with Crippen LogP contribution in [0.2, 0.25) is 5.02 Å². The smallest absolute Gasteiger partial charge is 0.244 e. The number of nitrogens with one attached hydrogen (secondary N) is 1. The van der Waals surface area contributed by atoms with Crippen molar-refractivity contribution in [2.24, 2.45) is 11.8 Å². The Morgan fingerprint density at radius 2 is 1.66 bits per heavy atom. The maximum Gasteiger partial charge on any atom is 0.244 e. The molecule has 5 rings (SSSR count). The van der Waals surface area contributed by atoms with Crippen LogP contribution in [0.15, 0.2) is 48.5 Å². The highest BCUT2D eigenvalue weighted by molar-refractivity contribution is 6.31. The van der Waals surface area contributed by atoms with Crippen molar-refractivity contribution in [1.82, 2.24) is 0 Å². The Balaban J connectivity index is 1.54. The summed E-state index contributed by atoms with van der Waals surface area (Å²) in [5, 5.41) is 0.548. The van der Waals surface area contributed by atoms with E-state index in [2.05, 4.69) is 0 Å². The molecule has 3 aliphatic heterocycles. The van der Waals surface area contributed by atoms with Gasteiger partial charge in [0.15, 0.2) is 6.04 Å². The van der Waals surface area contributed by atoms with Crippen LogP contribution < -0.4 is 9.80 Å². The Kier molecular flexibility index (Phi) is 4.33. The van der Waals surface area contributed by atoms with Crippen LogP contribution >= 0.6 is 11.6 Å². The van der Waals surface area contributed by atoms with E-state index in [4.69, 9.17) is 11.6 Å². The van der Waals surface area contributed by atoms with Gasteiger partial charge in [0, 0.05) is 23.4 Å². The number of Topliss-reactive ketones (excluding diaryl/α,β-unsaturated/α-hetero) is 1. The molecular formula is C23H22ClN2O3+. The molecule has 0 spiro atoms. The highest BCUT2D eigenvalue weighted by Crippen LogP contribution is 2.40. The van der Waals surface area contributed by atoms with Crippen molar-refractivity contribution in [3.8, 4) is 0 Å². The molecule has 1 N–H and O–H groups in total. The summed E-state index contributed by atoms with van der Waals surface area (Å²) in [6.45, 7) is 2.81. The van der Waals surface area contributed by atoms with Crippen LogP contribution in [0, 0.1) is 18.8 Å². The zero-order valence-corrected chi connectivity index (χ0v) is 16.9. The lowest BCUT2D eigenvalue weighted by molar-refractivity contribution is -0.915. The highest BCUT2D eigenvalue weighted by atomic mass is 35.5. The summed E-state index contributed by atoms with van der Waals surface area (Å²) in [6, 6.07) is 13.8. The first-order valence-corrected chi connectivity index (χ1v) is 10.4. The zero-order chi connectivity index (χ0) is 20.3. The van der Waals surface area contributed by atoms with Crippen molar-refractivity contribution in [2.45, 2.75) is 31.8 Å². The lowest BCUT2D eigenvalue weighted by atomic mass is 9.85. The molecule has 6 heteroatoms. The summed E-state index contributed by atoms with van der Waals surface area (Å²) in [5.41, 5.74) is 2.22. The van der Waals surface area contributed by atoms with Crippen molar-refractivity contribution in [3.63, 3.8) is 0 Å². The number of ketones is 1. The lowest BCUT2D eigenvalue weighted by Crippen LogP contribution is -3.16. The summed E-state index contributed by atoms with van der Waals surface area (Å²) in [5.74, 6) is -1.47. The fraction of sp³-hybridized carbons (Fsp3) is 0.348. The van der Waals surface area contributed by atoms with Gasteiger partial charge in [0.1, 0.15) is 17.9 Å². The van der Waals surface area contributed by atoms with E-state index in [9.17, 15) is 14.4 Å². The molecule has 0 bridgehead atoms. The average molecular weight is 410 g/mol. The summed E-state index contributed by atoms with van der Waals surface area (Å²) >= 11 is 5.97. The Morgan fingerprint density at radius 1 is 1.00 bits per heavy atom. The number of hydrogen-bond acceptors (Lipinski definition) is 3. The predicted molar refractivity (Wildman–Crippen MR) is 109 cm³/mol. The van der Waals surface area contributed by atoms with E-state index in [1.807, 2.05) is 31.2 Å². The van der Waals surface area contributed by atoms with Gasteiger partial charge in [-0.05, 0) is 31.2 Å². The van der Waals surface area contributed by atoms with Crippen LogP contribution in [-0.2, 0) is 9.59 Å². The molecule has 3 heterocycles. The van der Waals surface area contributed by atoms with E-state index in [0.717, 1.165) is 29.8 Å². The first-order chi connectivity index (χ1) is 14.0. The van der Waals surface area contributed by atoms with E-state index in [-0.39, 0.29) is 23.6 Å². The van der Waals surface area contributed by atoms with E-state index >= 15 is 0 Å². The molecule has 2 amide bonds. The number of nitrogens with zero attached hydrogens (tertiary/aromatic N) is 1. The normalized spacial score (nSPS) is 30.6. The molecule has 1 unspecified atom stereocenters. The third-order valence-electron chi connectivity index (χ3n) is 6.75. The monoisotopic (exact) mass is 409 g/mol. The number of imide groups is 1.